The molecule has 0 saturated heterocycles. The maximum absolute atomic E-state index is 13.2. The number of hydrogen-bond acceptors (Lipinski definition) is 8. The van der Waals surface area contributed by atoms with Crippen molar-refractivity contribution in [3.05, 3.63) is 64.1 Å². The van der Waals surface area contributed by atoms with Crippen LogP contribution < -0.4 is 15.8 Å². The lowest BCUT2D eigenvalue weighted by atomic mass is 9.99. The zero-order valence-corrected chi connectivity index (χ0v) is 18.7. The van der Waals surface area contributed by atoms with Crippen LogP contribution in [0.1, 0.15) is 15.4 Å². The first kappa shape index (κ1) is 22.7. The van der Waals surface area contributed by atoms with Crippen LogP contribution in [0, 0.1) is 0 Å². The lowest BCUT2D eigenvalue weighted by Crippen LogP contribution is -2.36. The maximum Gasteiger partial charge on any atom is 0.387 e. The van der Waals surface area contributed by atoms with Crippen molar-refractivity contribution in [2.75, 3.05) is 20.3 Å². The van der Waals surface area contributed by atoms with Gasteiger partial charge in [-0.15, -0.1) is 11.3 Å². The van der Waals surface area contributed by atoms with Gasteiger partial charge in [0.15, 0.2) is 5.78 Å². The average Bonchev–Trinajstić information content (AvgIpc) is 3.34. The number of nitrogens with two attached hydrogens (primary N) is 1. The van der Waals surface area contributed by atoms with E-state index >= 15 is 0 Å². The third kappa shape index (κ3) is 4.78. The zero-order chi connectivity index (χ0) is 22.7. The molecule has 0 radical (unpaired) electrons. The fraction of sp³-hybridized carbons (Fsp3) is 0.273. The van der Waals surface area contributed by atoms with Crippen LogP contribution in [0.15, 0.2) is 53.6 Å². The number of nitrogens with one attached hydrogen (secondary N) is 1. The number of rotatable bonds is 9. The first-order chi connectivity index (χ1) is 15.5. The number of carbonyl (C=O) groups is 1. The van der Waals surface area contributed by atoms with Gasteiger partial charge in [-0.05, 0) is 36.4 Å². The molecule has 1 aliphatic rings. The predicted octanol–water partition coefficient (Wildman–Crippen LogP) is 4.13. The molecule has 0 unspecified atom stereocenters. The van der Waals surface area contributed by atoms with Crippen LogP contribution in [0.5, 0.6) is 5.75 Å². The summed E-state index contributed by atoms with van der Waals surface area (Å²) in [5.41, 5.74) is 8.62. The Morgan fingerprint density at radius 2 is 1.97 bits per heavy atom. The van der Waals surface area contributed by atoms with Crippen molar-refractivity contribution in [3.63, 3.8) is 0 Å². The Bertz CT molecular complexity index is 1100. The van der Waals surface area contributed by atoms with Gasteiger partial charge in [0.2, 0.25) is 0 Å². The molecule has 1 aromatic heterocycles. The van der Waals surface area contributed by atoms with E-state index in [0.717, 1.165) is 25.8 Å². The normalized spacial score (nSPS) is 18.5. The number of thioether (sulfide) groups is 1. The molecule has 0 fully saturated rings. The molecular formula is C22H21F2N3O3S2. The lowest BCUT2D eigenvalue weighted by Gasteiger charge is -2.15. The smallest absolute Gasteiger partial charge is 0.387 e. The van der Waals surface area contributed by atoms with E-state index in [-0.39, 0.29) is 11.5 Å². The summed E-state index contributed by atoms with van der Waals surface area (Å²) in [6.45, 7) is -1.87. The Kier molecular flexibility index (Phi) is 7.04. The number of methoxy groups -OCH3 is 1. The maximum atomic E-state index is 13.2. The van der Waals surface area contributed by atoms with Crippen LogP contribution in [0.3, 0.4) is 0 Å². The van der Waals surface area contributed by atoms with Crippen LogP contribution in [0.2, 0.25) is 0 Å². The summed E-state index contributed by atoms with van der Waals surface area (Å²) in [6, 6.07) is 12.9. The second-order valence-electron chi connectivity index (χ2n) is 6.98. The van der Waals surface area contributed by atoms with Crippen LogP contribution in [0.4, 0.5) is 8.78 Å². The van der Waals surface area contributed by atoms with Crippen LogP contribution in [-0.2, 0) is 4.74 Å². The molecule has 0 saturated carbocycles. The summed E-state index contributed by atoms with van der Waals surface area (Å²) in [5.74, 6) is -0.191. The highest BCUT2D eigenvalue weighted by Crippen LogP contribution is 2.44. The van der Waals surface area contributed by atoms with Crippen molar-refractivity contribution in [3.8, 4) is 5.75 Å². The minimum absolute atomic E-state index is 0.00451. The van der Waals surface area contributed by atoms with Crippen LogP contribution >= 0.6 is 23.1 Å². The highest BCUT2D eigenvalue weighted by Gasteiger charge is 2.40. The molecule has 2 heterocycles. The van der Waals surface area contributed by atoms with Gasteiger partial charge in [-0.2, -0.15) is 8.78 Å². The van der Waals surface area contributed by atoms with Gasteiger partial charge in [-0.3, -0.25) is 4.79 Å². The molecule has 2 atom stereocenters. The summed E-state index contributed by atoms with van der Waals surface area (Å²) >= 11 is 2.88. The number of ether oxygens (including phenoxy) is 2. The van der Waals surface area contributed by atoms with Gasteiger partial charge < -0.3 is 20.5 Å². The second-order valence-corrected chi connectivity index (χ2v) is 9.16. The summed E-state index contributed by atoms with van der Waals surface area (Å²) < 4.78 is 35.3. The number of halogens is 2. The predicted molar refractivity (Wildman–Crippen MR) is 123 cm³/mol. The molecule has 10 heteroatoms. The number of Topliss-reactive ketones (excluding diaryl/α,β-unsaturated/α-hetero) is 1. The Labute approximate surface area is 191 Å². The number of ketones is 1. The van der Waals surface area contributed by atoms with E-state index in [4.69, 9.17) is 15.5 Å². The second kappa shape index (κ2) is 9.95. The Morgan fingerprint density at radius 3 is 2.66 bits per heavy atom. The summed E-state index contributed by atoms with van der Waals surface area (Å²) in [4.78, 5) is 18.0. The van der Waals surface area contributed by atoms with E-state index in [2.05, 4.69) is 10.1 Å². The van der Waals surface area contributed by atoms with Crippen molar-refractivity contribution < 1.29 is 23.0 Å². The van der Waals surface area contributed by atoms with E-state index in [1.54, 1.807) is 7.11 Å². The molecular weight excluding hydrogens is 456 g/mol. The SMILES string of the molecule is COCCNC1=C(c2nc3ccccc3s2)[C@@H](N)[C@@H](C(=O)c2ccc(OC(F)F)cc2)S1. The van der Waals surface area contributed by atoms with Gasteiger partial charge in [-0.25, -0.2) is 4.98 Å². The number of benzene rings is 2. The first-order valence-electron chi connectivity index (χ1n) is 9.82. The fourth-order valence-electron chi connectivity index (χ4n) is 3.38. The largest absolute Gasteiger partial charge is 0.435 e. The van der Waals surface area contributed by atoms with E-state index in [9.17, 15) is 13.6 Å². The quantitative estimate of drug-likeness (QED) is 0.354. The summed E-state index contributed by atoms with van der Waals surface area (Å²) in [5, 5.41) is 4.30. The van der Waals surface area contributed by atoms with Crippen molar-refractivity contribution >= 4 is 44.7 Å². The number of para-hydroxylation sites is 1. The Morgan fingerprint density at radius 1 is 1.22 bits per heavy atom. The third-order valence-corrected chi connectivity index (χ3v) is 7.32. The minimum atomic E-state index is -2.92. The molecule has 32 heavy (non-hydrogen) atoms. The van der Waals surface area contributed by atoms with Gasteiger partial charge >= 0.3 is 6.61 Å². The van der Waals surface area contributed by atoms with Crippen molar-refractivity contribution in [1.29, 1.82) is 0 Å². The van der Waals surface area contributed by atoms with Crippen molar-refractivity contribution in [2.24, 2.45) is 5.73 Å². The molecule has 168 valence electrons. The number of fused-ring (bicyclic) bond motifs is 1. The van der Waals surface area contributed by atoms with E-state index in [0.29, 0.717) is 18.7 Å². The number of aromatic nitrogens is 1. The number of carbonyl (C=O) groups excluding carboxylic acids is 1. The Hall–Kier alpha value is -2.53. The van der Waals surface area contributed by atoms with Crippen LogP contribution in [0.25, 0.3) is 15.8 Å². The minimum Gasteiger partial charge on any atom is -0.435 e. The molecule has 3 N–H and O–H groups in total. The molecule has 4 rings (SSSR count). The molecule has 0 bridgehead atoms. The van der Waals surface area contributed by atoms with Gasteiger partial charge in [0.1, 0.15) is 10.8 Å². The van der Waals surface area contributed by atoms with Gasteiger partial charge in [-0.1, -0.05) is 23.9 Å². The number of hydrogen-bond donors (Lipinski definition) is 2. The first-order valence-corrected chi connectivity index (χ1v) is 11.5. The molecule has 0 amide bonds. The lowest BCUT2D eigenvalue weighted by molar-refractivity contribution is -0.0498. The molecule has 0 aliphatic carbocycles. The van der Waals surface area contributed by atoms with Crippen molar-refractivity contribution in [1.82, 2.24) is 10.3 Å². The number of alkyl halides is 2. The molecule has 0 spiro atoms. The summed E-state index contributed by atoms with van der Waals surface area (Å²) in [7, 11) is 1.62. The fourth-order valence-corrected chi connectivity index (χ4v) is 5.83. The Balaban J connectivity index is 1.61. The monoisotopic (exact) mass is 477 g/mol. The number of thiazole rings is 1. The van der Waals surface area contributed by atoms with Crippen molar-refractivity contribution in [2.45, 2.75) is 17.9 Å². The molecule has 3 aromatic rings. The molecule has 1 aliphatic heterocycles. The van der Waals surface area contributed by atoms with E-state index in [1.165, 1.54) is 47.4 Å². The summed E-state index contributed by atoms with van der Waals surface area (Å²) in [6.07, 6.45) is 0. The average molecular weight is 478 g/mol. The van der Waals surface area contributed by atoms with Gasteiger partial charge in [0, 0.05) is 24.8 Å². The van der Waals surface area contributed by atoms with Gasteiger partial charge in [0.05, 0.1) is 33.1 Å². The van der Waals surface area contributed by atoms with Gasteiger partial charge in [0.25, 0.3) is 0 Å². The standard InChI is InChI=1S/C22H21F2N3O3S2/c1-29-11-10-26-20-16(21-27-14-4-2-3-5-15(14)31-21)17(25)19(32-20)18(28)12-6-8-13(9-7-12)30-22(23)24/h2-9,17,19,22,26H,10-11,25H2,1H3/t17-,19+/m1/s1. The highest BCUT2D eigenvalue weighted by atomic mass is 32.2. The van der Waals surface area contributed by atoms with E-state index < -0.39 is 17.9 Å². The van der Waals surface area contributed by atoms with Crippen LogP contribution in [-0.4, -0.2) is 48.9 Å². The zero-order valence-electron chi connectivity index (χ0n) is 17.1. The van der Waals surface area contributed by atoms with E-state index in [1.807, 2.05) is 24.3 Å². The number of nitrogens with zero attached hydrogens (tertiary/aromatic N) is 1. The highest BCUT2D eigenvalue weighted by molar-refractivity contribution is 8.05. The topological polar surface area (TPSA) is 86.5 Å². The molecule has 2 aromatic carbocycles. The molecule has 6 nitrogen and oxygen atoms in total. The third-order valence-electron chi connectivity index (χ3n) is 4.89.